The average molecular weight is 340 g/mol. The predicted molar refractivity (Wildman–Crippen MR) is 91.6 cm³/mol. The Labute approximate surface area is 146 Å². The van der Waals surface area contributed by atoms with Crippen LogP contribution in [0.15, 0.2) is 53.2 Å². The molecule has 0 fully saturated rings. The van der Waals surface area contributed by atoms with Crippen LogP contribution in [-0.2, 0) is 13.0 Å². The molecule has 0 saturated heterocycles. The highest BCUT2D eigenvalue weighted by atomic mass is 16.5. The Morgan fingerprint density at radius 2 is 1.92 bits per heavy atom. The highest BCUT2D eigenvalue weighted by molar-refractivity contribution is 5.33. The number of ether oxygens (including phenoxy) is 2. The van der Waals surface area contributed by atoms with Crippen molar-refractivity contribution in [2.45, 2.75) is 26.0 Å². The second-order valence-electron chi connectivity index (χ2n) is 5.53. The number of aromatic nitrogens is 3. The molecule has 7 nitrogen and oxygen atoms in total. The fourth-order valence-electron chi connectivity index (χ4n) is 2.08. The first kappa shape index (κ1) is 16.9. The molecule has 0 aliphatic heterocycles. The number of nitrogens with zero attached hydrogens (tertiary/aromatic N) is 3. The maximum absolute atomic E-state index is 5.66. The van der Waals surface area contributed by atoms with Crippen molar-refractivity contribution in [3.8, 4) is 17.4 Å². The molecule has 0 aliphatic rings. The Kier molecular flexibility index (Phi) is 5.58. The minimum absolute atomic E-state index is 0.224. The second kappa shape index (κ2) is 8.25. The molecule has 0 aliphatic carbocycles. The molecule has 0 bridgehead atoms. The van der Waals surface area contributed by atoms with Gasteiger partial charge in [-0.25, -0.2) is 4.98 Å². The molecule has 0 saturated carbocycles. The van der Waals surface area contributed by atoms with Gasteiger partial charge in [0.25, 0.3) is 5.89 Å². The van der Waals surface area contributed by atoms with Crippen molar-refractivity contribution in [3.05, 3.63) is 60.4 Å². The van der Waals surface area contributed by atoms with Gasteiger partial charge in [0, 0.05) is 24.7 Å². The Balaban J connectivity index is 1.52. The lowest BCUT2D eigenvalue weighted by molar-refractivity contribution is 0.242. The lowest BCUT2D eigenvalue weighted by atomic mass is 10.2. The third kappa shape index (κ3) is 5.02. The van der Waals surface area contributed by atoms with Gasteiger partial charge in [0.05, 0.1) is 0 Å². The molecule has 3 rings (SSSR count). The van der Waals surface area contributed by atoms with E-state index in [1.807, 2.05) is 43.4 Å². The number of likely N-dealkylation sites (N-methyl/N-ethyl adjacent to an activating group) is 1. The predicted octanol–water partition coefficient (Wildman–Crippen LogP) is 2.99. The zero-order chi connectivity index (χ0) is 17.5. The number of benzene rings is 1. The molecule has 130 valence electrons. The maximum Gasteiger partial charge on any atom is 0.264 e. The third-order valence-electron chi connectivity index (χ3n) is 3.54. The van der Waals surface area contributed by atoms with Gasteiger partial charge in [0.15, 0.2) is 12.4 Å². The van der Waals surface area contributed by atoms with Crippen LogP contribution in [0.3, 0.4) is 0 Å². The van der Waals surface area contributed by atoms with Crippen molar-refractivity contribution in [2.75, 3.05) is 7.05 Å². The van der Waals surface area contributed by atoms with Crippen LogP contribution in [0.25, 0.3) is 0 Å². The fourth-order valence-corrected chi connectivity index (χ4v) is 2.08. The average Bonchev–Trinajstić information content (AvgIpc) is 3.09. The highest BCUT2D eigenvalue weighted by Gasteiger charge is 2.10. The molecule has 0 spiro atoms. The van der Waals surface area contributed by atoms with Crippen LogP contribution in [0.4, 0.5) is 0 Å². The van der Waals surface area contributed by atoms with Crippen LogP contribution in [0, 0.1) is 0 Å². The first-order chi connectivity index (χ1) is 12.2. The summed E-state index contributed by atoms with van der Waals surface area (Å²) < 4.78 is 16.5. The number of hydrogen-bond acceptors (Lipinski definition) is 7. The molecule has 0 amide bonds. The van der Waals surface area contributed by atoms with Crippen molar-refractivity contribution in [3.63, 3.8) is 0 Å². The van der Waals surface area contributed by atoms with Gasteiger partial charge in [-0.2, -0.15) is 4.98 Å². The monoisotopic (exact) mass is 340 g/mol. The molecule has 1 atom stereocenters. The van der Waals surface area contributed by atoms with Crippen LogP contribution in [-0.4, -0.2) is 28.2 Å². The Hall–Kier alpha value is -2.93. The van der Waals surface area contributed by atoms with E-state index >= 15 is 0 Å². The Morgan fingerprint density at radius 1 is 1.12 bits per heavy atom. The van der Waals surface area contributed by atoms with Crippen molar-refractivity contribution < 1.29 is 14.0 Å². The van der Waals surface area contributed by atoms with Gasteiger partial charge in [-0.3, -0.25) is 0 Å². The number of hydrogen-bond donors (Lipinski definition) is 1. The number of pyridine rings is 1. The molecule has 0 radical (unpaired) electrons. The Bertz CT molecular complexity index is 775. The van der Waals surface area contributed by atoms with Gasteiger partial charge in [0.1, 0.15) is 11.5 Å². The summed E-state index contributed by atoms with van der Waals surface area (Å²) in [5.74, 6) is 3.04. The Morgan fingerprint density at radius 3 is 2.64 bits per heavy atom. The van der Waals surface area contributed by atoms with E-state index in [-0.39, 0.29) is 12.6 Å². The minimum atomic E-state index is 0.224. The fraction of sp³-hybridized carbons (Fsp3) is 0.278. The molecule has 1 N–H and O–H groups in total. The molecular formula is C18H20N4O3. The number of rotatable bonds is 8. The van der Waals surface area contributed by atoms with Gasteiger partial charge in [-0.15, -0.1) is 0 Å². The normalized spacial score (nSPS) is 11.9. The maximum atomic E-state index is 5.66. The largest absolute Gasteiger partial charge is 0.484 e. The van der Waals surface area contributed by atoms with E-state index < -0.39 is 0 Å². The standard InChI is InChI=1S/C18H20N4O3/c1-13(19-2)11-16-21-18(25-22-16)12-23-14-6-8-15(9-7-14)24-17-5-3-4-10-20-17/h3-10,13,19H,11-12H2,1-2H3. The van der Waals surface area contributed by atoms with E-state index in [4.69, 9.17) is 14.0 Å². The molecule has 25 heavy (non-hydrogen) atoms. The van der Waals surface area contributed by atoms with Crippen molar-refractivity contribution in [1.82, 2.24) is 20.4 Å². The smallest absolute Gasteiger partial charge is 0.264 e. The summed E-state index contributed by atoms with van der Waals surface area (Å²) in [6, 6.07) is 13.1. The summed E-state index contributed by atoms with van der Waals surface area (Å²) in [6.45, 7) is 2.28. The summed E-state index contributed by atoms with van der Waals surface area (Å²) >= 11 is 0. The molecule has 7 heteroatoms. The van der Waals surface area contributed by atoms with Crippen LogP contribution in [0.5, 0.6) is 17.4 Å². The van der Waals surface area contributed by atoms with Crippen LogP contribution >= 0.6 is 0 Å². The number of nitrogens with one attached hydrogen (secondary N) is 1. The first-order valence-electron chi connectivity index (χ1n) is 8.03. The van der Waals surface area contributed by atoms with Crippen molar-refractivity contribution in [1.29, 1.82) is 0 Å². The van der Waals surface area contributed by atoms with Gasteiger partial charge in [-0.1, -0.05) is 11.2 Å². The minimum Gasteiger partial charge on any atom is -0.484 e. The first-order valence-corrected chi connectivity index (χ1v) is 8.03. The summed E-state index contributed by atoms with van der Waals surface area (Å²) in [5.41, 5.74) is 0. The second-order valence-corrected chi connectivity index (χ2v) is 5.53. The molecule has 1 unspecified atom stereocenters. The van der Waals surface area contributed by atoms with Crippen LogP contribution < -0.4 is 14.8 Å². The molecule has 1 aromatic carbocycles. The van der Waals surface area contributed by atoms with Crippen molar-refractivity contribution in [2.24, 2.45) is 0 Å². The summed E-state index contributed by atoms with van der Waals surface area (Å²) in [4.78, 5) is 8.43. The summed E-state index contributed by atoms with van der Waals surface area (Å²) in [6.07, 6.45) is 2.39. The van der Waals surface area contributed by atoms with Crippen LogP contribution in [0.2, 0.25) is 0 Å². The van der Waals surface area contributed by atoms with E-state index in [1.54, 1.807) is 12.3 Å². The van der Waals surface area contributed by atoms with Gasteiger partial charge in [-0.05, 0) is 44.3 Å². The van der Waals surface area contributed by atoms with E-state index in [0.29, 0.717) is 35.5 Å². The van der Waals surface area contributed by atoms with E-state index in [0.717, 1.165) is 0 Å². The lowest BCUT2D eigenvalue weighted by Gasteiger charge is -2.06. The van der Waals surface area contributed by atoms with E-state index in [1.165, 1.54) is 0 Å². The van der Waals surface area contributed by atoms with Crippen LogP contribution in [0.1, 0.15) is 18.6 Å². The molecule has 2 aromatic heterocycles. The topological polar surface area (TPSA) is 82.3 Å². The van der Waals surface area contributed by atoms with Gasteiger partial charge in [0.2, 0.25) is 5.88 Å². The zero-order valence-corrected chi connectivity index (χ0v) is 14.2. The van der Waals surface area contributed by atoms with E-state index in [2.05, 4.69) is 27.4 Å². The third-order valence-corrected chi connectivity index (χ3v) is 3.54. The lowest BCUT2D eigenvalue weighted by Crippen LogP contribution is -2.24. The highest BCUT2D eigenvalue weighted by Crippen LogP contribution is 2.22. The summed E-state index contributed by atoms with van der Waals surface area (Å²) in [7, 11) is 1.90. The molecular weight excluding hydrogens is 320 g/mol. The molecule has 3 aromatic rings. The SMILES string of the molecule is CNC(C)Cc1noc(COc2ccc(Oc3ccccn3)cc2)n1. The quantitative estimate of drug-likeness (QED) is 0.675. The zero-order valence-electron chi connectivity index (χ0n) is 14.2. The summed E-state index contributed by atoms with van der Waals surface area (Å²) in [5, 5.41) is 7.08. The van der Waals surface area contributed by atoms with E-state index in [9.17, 15) is 0 Å². The molecule has 2 heterocycles. The van der Waals surface area contributed by atoms with Crippen molar-refractivity contribution >= 4 is 0 Å². The van der Waals surface area contributed by atoms with Gasteiger partial charge >= 0.3 is 0 Å². The van der Waals surface area contributed by atoms with Gasteiger partial charge < -0.3 is 19.3 Å².